The minimum absolute atomic E-state index is 0.0635. The van der Waals surface area contributed by atoms with Crippen LogP contribution in [0.4, 0.5) is 14.9 Å². The van der Waals surface area contributed by atoms with Crippen LogP contribution >= 0.6 is 11.6 Å². The van der Waals surface area contributed by atoms with Crippen LogP contribution in [0.25, 0.3) is 0 Å². The molecule has 8 heteroatoms. The predicted molar refractivity (Wildman–Crippen MR) is 87.8 cm³/mol. The number of benzene rings is 1. The summed E-state index contributed by atoms with van der Waals surface area (Å²) in [5.74, 6) is -0.329. The van der Waals surface area contributed by atoms with Crippen LogP contribution in [0.15, 0.2) is 18.2 Å². The third-order valence-electron chi connectivity index (χ3n) is 3.55. The second-order valence-corrected chi connectivity index (χ2v) is 6.07. The van der Waals surface area contributed by atoms with Crippen molar-refractivity contribution in [2.45, 2.75) is 18.6 Å². The maximum Gasteiger partial charge on any atom is 0.321 e. The van der Waals surface area contributed by atoms with Crippen molar-refractivity contribution in [3.05, 3.63) is 28.8 Å². The average Bonchev–Trinajstić information content (AvgIpc) is 2.90. The highest BCUT2D eigenvalue weighted by Gasteiger charge is 2.24. The molecule has 1 aliphatic heterocycles. The van der Waals surface area contributed by atoms with Crippen molar-refractivity contribution in [1.82, 2.24) is 15.5 Å². The minimum Gasteiger partial charge on any atom is -0.350 e. The third-order valence-corrected chi connectivity index (χ3v) is 3.86. The Bertz CT molecular complexity index is 597. The second kappa shape index (κ2) is 7.61. The molecule has 126 valence electrons. The smallest absolute Gasteiger partial charge is 0.321 e. The van der Waals surface area contributed by atoms with Gasteiger partial charge in [-0.05, 0) is 24.6 Å². The van der Waals surface area contributed by atoms with Crippen LogP contribution in [-0.2, 0) is 0 Å². The highest BCUT2D eigenvalue weighted by Crippen LogP contribution is 2.21. The molecular formula is C15H20ClFN4O2. The van der Waals surface area contributed by atoms with Crippen LogP contribution in [0.2, 0.25) is 5.02 Å². The van der Waals surface area contributed by atoms with Gasteiger partial charge < -0.3 is 20.9 Å². The van der Waals surface area contributed by atoms with Crippen molar-refractivity contribution in [3.8, 4) is 0 Å². The van der Waals surface area contributed by atoms with Crippen LogP contribution in [0.3, 0.4) is 0 Å². The summed E-state index contributed by atoms with van der Waals surface area (Å²) in [7, 11) is 3.25. The number of amides is 3. The number of rotatable bonds is 4. The highest BCUT2D eigenvalue weighted by atomic mass is 35.5. The fourth-order valence-corrected chi connectivity index (χ4v) is 2.52. The normalized spacial score (nSPS) is 20.2. The molecule has 1 fully saturated rings. The van der Waals surface area contributed by atoms with Crippen molar-refractivity contribution in [2.75, 3.05) is 32.5 Å². The number of hydrogen-bond acceptors (Lipinski definition) is 3. The van der Waals surface area contributed by atoms with Gasteiger partial charge in [0.2, 0.25) is 0 Å². The number of carbonyl (C=O) groups excluding carboxylic acids is 2. The zero-order valence-corrected chi connectivity index (χ0v) is 13.8. The molecular weight excluding hydrogens is 323 g/mol. The first-order valence-corrected chi connectivity index (χ1v) is 7.68. The van der Waals surface area contributed by atoms with Gasteiger partial charge in [-0.25, -0.2) is 9.18 Å². The lowest BCUT2D eigenvalue weighted by atomic mass is 10.1. The lowest BCUT2D eigenvalue weighted by Crippen LogP contribution is -2.37. The molecule has 23 heavy (non-hydrogen) atoms. The van der Waals surface area contributed by atoms with Gasteiger partial charge in [-0.15, -0.1) is 0 Å². The average molecular weight is 343 g/mol. The van der Waals surface area contributed by atoms with E-state index in [0.29, 0.717) is 30.8 Å². The van der Waals surface area contributed by atoms with Gasteiger partial charge in [0.25, 0.3) is 5.91 Å². The largest absolute Gasteiger partial charge is 0.350 e. The summed E-state index contributed by atoms with van der Waals surface area (Å²) in [4.78, 5) is 25.1. The number of anilines is 1. The van der Waals surface area contributed by atoms with Gasteiger partial charge in [0.05, 0.1) is 10.6 Å². The fraction of sp³-hybridized carbons (Fsp3) is 0.467. The Balaban J connectivity index is 1.94. The number of carbonyl (C=O) groups is 2. The van der Waals surface area contributed by atoms with E-state index in [0.717, 1.165) is 0 Å². The van der Waals surface area contributed by atoms with E-state index < -0.39 is 6.17 Å². The number of urea groups is 1. The van der Waals surface area contributed by atoms with Gasteiger partial charge in [0.1, 0.15) is 6.17 Å². The predicted octanol–water partition coefficient (Wildman–Crippen LogP) is 1.86. The van der Waals surface area contributed by atoms with Crippen LogP contribution < -0.4 is 16.0 Å². The van der Waals surface area contributed by atoms with Gasteiger partial charge in [-0.2, -0.15) is 0 Å². The van der Waals surface area contributed by atoms with E-state index >= 15 is 0 Å². The molecule has 0 unspecified atom stereocenters. The molecule has 0 radical (unpaired) electrons. The summed E-state index contributed by atoms with van der Waals surface area (Å²) >= 11 is 6.10. The molecule has 0 spiro atoms. The molecule has 6 nitrogen and oxygen atoms in total. The van der Waals surface area contributed by atoms with E-state index in [1.54, 1.807) is 26.2 Å². The Kier molecular flexibility index (Phi) is 5.79. The SMILES string of the molecule is CN(C)C(=O)Nc1ccc(C(=O)NC[C@@H]2C[C@H](F)CN2)c(Cl)c1. The molecule has 0 bridgehead atoms. The van der Waals surface area contributed by atoms with Crippen molar-refractivity contribution < 1.29 is 14.0 Å². The Hall–Kier alpha value is -1.86. The van der Waals surface area contributed by atoms with Crippen LogP contribution in [0.5, 0.6) is 0 Å². The Labute approximate surface area is 139 Å². The van der Waals surface area contributed by atoms with Gasteiger partial charge >= 0.3 is 6.03 Å². The molecule has 0 aliphatic carbocycles. The van der Waals surface area contributed by atoms with E-state index in [4.69, 9.17) is 11.6 Å². The third kappa shape index (κ3) is 4.80. The van der Waals surface area contributed by atoms with Crippen LogP contribution in [0.1, 0.15) is 16.8 Å². The standard InChI is InChI=1S/C15H20ClFN4O2/c1-21(2)15(23)20-10-3-4-12(13(16)6-10)14(22)19-8-11-5-9(17)7-18-11/h3-4,6,9,11,18H,5,7-8H2,1-2H3,(H,19,22)(H,20,23)/t9-,11-/m0/s1. The van der Waals surface area contributed by atoms with Gasteiger partial charge in [-0.3, -0.25) is 4.79 Å². The minimum atomic E-state index is -0.861. The summed E-state index contributed by atoms with van der Waals surface area (Å²) in [6.45, 7) is 0.663. The van der Waals surface area contributed by atoms with Gasteiger partial charge in [-0.1, -0.05) is 11.6 Å². The van der Waals surface area contributed by atoms with Gasteiger partial charge in [0, 0.05) is 38.9 Å². The summed E-state index contributed by atoms with van der Waals surface area (Å²) in [5, 5.41) is 8.61. The van der Waals surface area contributed by atoms with E-state index in [2.05, 4.69) is 16.0 Å². The van der Waals surface area contributed by atoms with Crippen molar-refractivity contribution in [3.63, 3.8) is 0 Å². The van der Waals surface area contributed by atoms with E-state index in [1.807, 2.05) is 0 Å². The monoisotopic (exact) mass is 342 g/mol. The first-order valence-electron chi connectivity index (χ1n) is 7.30. The van der Waals surface area contributed by atoms with Crippen molar-refractivity contribution in [2.24, 2.45) is 0 Å². The lowest BCUT2D eigenvalue weighted by Gasteiger charge is -2.14. The van der Waals surface area contributed by atoms with Crippen LogP contribution in [-0.4, -0.2) is 56.2 Å². The zero-order chi connectivity index (χ0) is 17.0. The van der Waals surface area contributed by atoms with E-state index in [-0.39, 0.29) is 23.0 Å². The second-order valence-electron chi connectivity index (χ2n) is 5.67. The topological polar surface area (TPSA) is 73.5 Å². The first-order chi connectivity index (χ1) is 10.9. The van der Waals surface area contributed by atoms with E-state index in [1.165, 1.54) is 11.0 Å². The number of halogens is 2. The fourth-order valence-electron chi connectivity index (χ4n) is 2.25. The van der Waals surface area contributed by atoms with E-state index in [9.17, 15) is 14.0 Å². The number of hydrogen-bond donors (Lipinski definition) is 3. The lowest BCUT2D eigenvalue weighted by molar-refractivity contribution is 0.0950. The summed E-state index contributed by atoms with van der Waals surface area (Å²) < 4.78 is 13.1. The van der Waals surface area contributed by atoms with Gasteiger partial charge in [0.15, 0.2) is 0 Å². The summed E-state index contributed by atoms with van der Waals surface area (Å²) in [5.41, 5.74) is 0.812. The molecule has 0 saturated carbocycles. The quantitative estimate of drug-likeness (QED) is 0.782. The van der Waals surface area contributed by atoms with Crippen molar-refractivity contribution in [1.29, 1.82) is 0 Å². The summed E-state index contributed by atoms with van der Waals surface area (Å²) in [6.07, 6.45) is -0.469. The molecule has 1 saturated heterocycles. The molecule has 1 aliphatic rings. The van der Waals surface area contributed by atoms with Crippen LogP contribution in [0, 0.1) is 0 Å². The molecule has 1 aromatic carbocycles. The zero-order valence-electron chi connectivity index (χ0n) is 13.0. The Morgan fingerprint density at radius 3 is 2.74 bits per heavy atom. The number of alkyl halides is 1. The number of nitrogens with one attached hydrogen (secondary N) is 3. The first kappa shape index (κ1) is 17.5. The summed E-state index contributed by atoms with van der Waals surface area (Å²) in [6, 6.07) is 4.32. The molecule has 2 atom stereocenters. The molecule has 3 N–H and O–H groups in total. The van der Waals surface area contributed by atoms with Crippen molar-refractivity contribution >= 4 is 29.2 Å². The maximum absolute atomic E-state index is 13.1. The Morgan fingerprint density at radius 1 is 1.43 bits per heavy atom. The molecule has 0 aromatic heterocycles. The highest BCUT2D eigenvalue weighted by molar-refractivity contribution is 6.34. The Morgan fingerprint density at radius 2 is 2.17 bits per heavy atom. The number of nitrogens with zero attached hydrogens (tertiary/aromatic N) is 1. The maximum atomic E-state index is 13.1. The molecule has 1 aromatic rings. The molecule has 2 rings (SSSR count). The molecule has 1 heterocycles. The molecule has 3 amide bonds.